The van der Waals surface area contributed by atoms with Crippen molar-refractivity contribution in [2.75, 3.05) is 13.1 Å². The Bertz CT molecular complexity index is 678. The molecule has 0 radical (unpaired) electrons. The second-order valence-corrected chi connectivity index (χ2v) is 7.93. The first-order chi connectivity index (χ1) is 12.4. The minimum Gasteiger partial charge on any atom is -0.343 e. The molecule has 2 heterocycles. The molecule has 0 bridgehead atoms. The van der Waals surface area contributed by atoms with Crippen LogP contribution in [0, 0.1) is 11.3 Å². The number of likely N-dealkylation sites (tertiary alicyclic amines) is 1. The van der Waals surface area contributed by atoms with E-state index < -0.39 is 5.41 Å². The molecular formula is C21H28N2O3. The van der Waals surface area contributed by atoms with Crippen LogP contribution in [-0.2, 0) is 14.4 Å². The van der Waals surface area contributed by atoms with Crippen LogP contribution in [-0.4, -0.2) is 35.7 Å². The van der Waals surface area contributed by atoms with Crippen LogP contribution in [0.1, 0.15) is 57.4 Å². The quantitative estimate of drug-likeness (QED) is 0.825. The fourth-order valence-corrected chi connectivity index (χ4v) is 4.29. The molecule has 1 N–H and O–H groups in total. The lowest BCUT2D eigenvalue weighted by molar-refractivity contribution is -0.135. The largest absolute Gasteiger partial charge is 0.343 e. The third-order valence-electron chi connectivity index (χ3n) is 6.19. The van der Waals surface area contributed by atoms with Crippen LogP contribution in [0.3, 0.4) is 0 Å². The summed E-state index contributed by atoms with van der Waals surface area (Å²) < 4.78 is 0. The molecule has 1 atom stereocenters. The van der Waals surface area contributed by atoms with Gasteiger partial charge in [0.2, 0.25) is 17.7 Å². The molecule has 1 aromatic rings. The van der Waals surface area contributed by atoms with Crippen LogP contribution in [0.5, 0.6) is 0 Å². The number of amides is 3. The Labute approximate surface area is 155 Å². The summed E-state index contributed by atoms with van der Waals surface area (Å²) in [4.78, 5) is 38.5. The highest BCUT2D eigenvalue weighted by Crippen LogP contribution is 2.40. The molecule has 0 aromatic heterocycles. The van der Waals surface area contributed by atoms with E-state index in [1.807, 2.05) is 24.8 Å². The smallest absolute Gasteiger partial charge is 0.233 e. The number of piperidine rings is 1. The molecule has 3 rings (SSSR count). The lowest BCUT2D eigenvalue weighted by Crippen LogP contribution is -2.40. The number of hydrogen-bond donors (Lipinski definition) is 1. The fourth-order valence-electron chi connectivity index (χ4n) is 4.29. The summed E-state index contributed by atoms with van der Waals surface area (Å²) in [5.74, 6) is 0.211. The van der Waals surface area contributed by atoms with E-state index in [9.17, 15) is 14.4 Å². The van der Waals surface area contributed by atoms with Crippen LogP contribution < -0.4 is 5.32 Å². The van der Waals surface area contributed by atoms with Crippen LogP contribution >= 0.6 is 0 Å². The molecule has 1 aromatic carbocycles. The van der Waals surface area contributed by atoms with E-state index in [2.05, 4.69) is 29.6 Å². The van der Waals surface area contributed by atoms with Gasteiger partial charge in [0.05, 0.1) is 5.41 Å². The Morgan fingerprint density at radius 3 is 2.38 bits per heavy atom. The molecule has 0 saturated carbocycles. The summed E-state index contributed by atoms with van der Waals surface area (Å²) in [6.45, 7) is 5.43. The van der Waals surface area contributed by atoms with Crippen molar-refractivity contribution in [3.63, 3.8) is 0 Å². The third kappa shape index (κ3) is 3.67. The summed E-state index contributed by atoms with van der Waals surface area (Å²) in [5, 5.41) is 2.41. The van der Waals surface area contributed by atoms with Gasteiger partial charge in [-0.2, -0.15) is 0 Å². The Morgan fingerprint density at radius 1 is 1.19 bits per heavy atom. The summed E-state index contributed by atoms with van der Waals surface area (Å²) in [5.41, 5.74) is 0.620. The SMILES string of the molecule is CC(C)C1(CCC(=O)N2CCC(c3ccccc3)CC2)CC(=O)NC1=O. The molecule has 2 fully saturated rings. The number of rotatable bonds is 5. The molecule has 1 unspecified atom stereocenters. The maximum atomic E-state index is 12.7. The van der Waals surface area contributed by atoms with Crippen LogP contribution in [0.4, 0.5) is 0 Å². The Morgan fingerprint density at radius 2 is 1.85 bits per heavy atom. The first-order valence-electron chi connectivity index (χ1n) is 9.59. The highest BCUT2D eigenvalue weighted by molar-refractivity contribution is 6.06. The first kappa shape index (κ1) is 18.6. The van der Waals surface area contributed by atoms with Crippen molar-refractivity contribution < 1.29 is 14.4 Å². The molecule has 5 heteroatoms. The standard InChI is InChI=1S/C21H28N2O3/c1-15(2)21(14-18(24)22-20(21)26)11-8-19(25)23-12-9-17(10-13-23)16-6-4-3-5-7-16/h3-7,15,17H,8-14H2,1-2H3,(H,22,24,26). The summed E-state index contributed by atoms with van der Waals surface area (Å²) in [6.07, 6.45) is 2.93. The zero-order valence-corrected chi connectivity index (χ0v) is 15.7. The molecule has 2 saturated heterocycles. The van der Waals surface area contributed by atoms with Gasteiger partial charge in [-0.15, -0.1) is 0 Å². The van der Waals surface area contributed by atoms with E-state index >= 15 is 0 Å². The van der Waals surface area contributed by atoms with Crippen molar-refractivity contribution in [2.45, 2.75) is 51.9 Å². The van der Waals surface area contributed by atoms with Gasteiger partial charge in [-0.3, -0.25) is 19.7 Å². The van der Waals surface area contributed by atoms with Crippen molar-refractivity contribution in [2.24, 2.45) is 11.3 Å². The van der Waals surface area contributed by atoms with E-state index in [-0.39, 0.29) is 30.1 Å². The lowest BCUT2D eigenvalue weighted by atomic mass is 9.72. The maximum Gasteiger partial charge on any atom is 0.233 e. The van der Waals surface area contributed by atoms with Crippen molar-refractivity contribution >= 4 is 17.7 Å². The monoisotopic (exact) mass is 356 g/mol. The molecule has 3 amide bonds. The zero-order chi connectivity index (χ0) is 18.7. The summed E-state index contributed by atoms with van der Waals surface area (Å²) in [6, 6.07) is 10.5. The minimum atomic E-state index is -0.727. The van der Waals surface area contributed by atoms with E-state index in [0.717, 1.165) is 25.9 Å². The third-order valence-corrected chi connectivity index (χ3v) is 6.19. The van der Waals surface area contributed by atoms with Gasteiger partial charge >= 0.3 is 0 Å². The minimum absolute atomic E-state index is 0.0329. The molecular weight excluding hydrogens is 328 g/mol. The Hall–Kier alpha value is -2.17. The lowest BCUT2D eigenvalue weighted by Gasteiger charge is -2.34. The van der Waals surface area contributed by atoms with Gasteiger partial charge in [0.1, 0.15) is 0 Å². The number of carbonyl (C=O) groups excluding carboxylic acids is 3. The molecule has 0 spiro atoms. The van der Waals surface area contributed by atoms with Crippen molar-refractivity contribution in [1.82, 2.24) is 10.2 Å². The topological polar surface area (TPSA) is 66.5 Å². The Balaban J connectivity index is 1.54. The molecule has 140 valence electrons. The average molecular weight is 356 g/mol. The van der Waals surface area contributed by atoms with E-state index in [1.165, 1.54) is 5.56 Å². The van der Waals surface area contributed by atoms with Gasteiger partial charge in [-0.25, -0.2) is 0 Å². The van der Waals surface area contributed by atoms with Crippen molar-refractivity contribution in [3.8, 4) is 0 Å². The number of imide groups is 1. The molecule has 5 nitrogen and oxygen atoms in total. The van der Waals surface area contributed by atoms with Gasteiger partial charge in [-0.1, -0.05) is 44.2 Å². The van der Waals surface area contributed by atoms with Gasteiger partial charge in [0, 0.05) is 25.9 Å². The normalized spacial score (nSPS) is 24.2. The number of hydrogen-bond acceptors (Lipinski definition) is 3. The highest BCUT2D eigenvalue weighted by atomic mass is 16.2. The van der Waals surface area contributed by atoms with Gasteiger partial charge in [0.25, 0.3) is 0 Å². The van der Waals surface area contributed by atoms with Crippen molar-refractivity contribution in [3.05, 3.63) is 35.9 Å². The average Bonchev–Trinajstić information content (AvgIpc) is 2.95. The van der Waals surface area contributed by atoms with E-state index in [0.29, 0.717) is 18.8 Å². The predicted octanol–water partition coefficient (Wildman–Crippen LogP) is 2.86. The number of nitrogens with one attached hydrogen (secondary N) is 1. The summed E-state index contributed by atoms with van der Waals surface area (Å²) >= 11 is 0. The highest BCUT2D eigenvalue weighted by Gasteiger charge is 2.48. The predicted molar refractivity (Wildman–Crippen MR) is 99.3 cm³/mol. The maximum absolute atomic E-state index is 12.7. The van der Waals surface area contributed by atoms with Crippen LogP contribution in [0.25, 0.3) is 0 Å². The van der Waals surface area contributed by atoms with E-state index in [1.54, 1.807) is 0 Å². The van der Waals surface area contributed by atoms with Gasteiger partial charge in [0.15, 0.2) is 0 Å². The number of nitrogens with zero attached hydrogens (tertiary/aromatic N) is 1. The second-order valence-electron chi connectivity index (χ2n) is 7.93. The Kier molecular flexibility index (Phi) is 5.44. The van der Waals surface area contributed by atoms with Crippen molar-refractivity contribution in [1.29, 1.82) is 0 Å². The van der Waals surface area contributed by atoms with Crippen LogP contribution in [0.15, 0.2) is 30.3 Å². The molecule has 2 aliphatic rings. The molecule has 0 aliphatic carbocycles. The van der Waals surface area contributed by atoms with Crippen LogP contribution in [0.2, 0.25) is 0 Å². The fraction of sp³-hybridized carbons (Fsp3) is 0.571. The molecule has 2 aliphatic heterocycles. The first-order valence-corrected chi connectivity index (χ1v) is 9.59. The van der Waals surface area contributed by atoms with Gasteiger partial charge in [-0.05, 0) is 36.7 Å². The number of benzene rings is 1. The molecule has 26 heavy (non-hydrogen) atoms. The summed E-state index contributed by atoms with van der Waals surface area (Å²) in [7, 11) is 0. The van der Waals surface area contributed by atoms with E-state index in [4.69, 9.17) is 0 Å². The second kappa shape index (κ2) is 7.60. The van der Waals surface area contributed by atoms with Gasteiger partial charge < -0.3 is 4.90 Å². The zero-order valence-electron chi connectivity index (χ0n) is 15.7. The number of carbonyl (C=O) groups is 3.